The maximum Gasteiger partial charge on any atom is 0.224 e. The first-order valence-electron chi connectivity index (χ1n) is 6.60. The summed E-state index contributed by atoms with van der Waals surface area (Å²) in [5.41, 5.74) is 2.29. The van der Waals surface area contributed by atoms with E-state index >= 15 is 0 Å². The molecule has 2 aromatic rings. The Balaban J connectivity index is 1.53. The average Bonchev–Trinajstić information content (AvgIpc) is 2.90. The van der Waals surface area contributed by atoms with Crippen LogP contribution in [0, 0.1) is 6.92 Å². The Labute approximate surface area is 117 Å². The van der Waals surface area contributed by atoms with Crippen LogP contribution in [0.4, 0.5) is 0 Å². The number of hydrogen-bond donors (Lipinski definition) is 1. The summed E-state index contributed by atoms with van der Waals surface area (Å²) in [5, 5.41) is 5.22. The van der Waals surface area contributed by atoms with Gasteiger partial charge in [0.05, 0.1) is 6.42 Å². The fraction of sp³-hybridized carbons (Fsp3) is 0.312. The van der Waals surface area contributed by atoms with E-state index in [-0.39, 0.29) is 5.91 Å². The summed E-state index contributed by atoms with van der Waals surface area (Å²) < 4.78 is 0. The normalized spacial score (nSPS) is 21.1. The predicted molar refractivity (Wildman–Crippen MR) is 78.5 cm³/mol. The standard InChI is InChI=1S/C16H17NOS/c1-11-4-2-5-12(8-11)9-16(18)17-14-10-13(14)15-6-3-7-19-15/h2-8,13-14H,9-10H2,1H3,(H,17,18). The molecule has 0 radical (unpaired) electrons. The minimum Gasteiger partial charge on any atom is -0.352 e. The van der Waals surface area contributed by atoms with Crippen LogP contribution in [-0.2, 0) is 11.2 Å². The third-order valence-corrected chi connectivity index (χ3v) is 4.50. The maximum absolute atomic E-state index is 12.0. The Morgan fingerprint density at radius 2 is 2.26 bits per heavy atom. The van der Waals surface area contributed by atoms with Crippen LogP contribution in [0.15, 0.2) is 41.8 Å². The Kier molecular flexibility index (Phi) is 3.38. The highest BCUT2D eigenvalue weighted by molar-refractivity contribution is 7.10. The number of rotatable bonds is 4. The molecule has 1 heterocycles. The summed E-state index contributed by atoms with van der Waals surface area (Å²) in [4.78, 5) is 13.4. The molecule has 1 aromatic heterocycles. The van der Waals surface area contributed by atoms with Crippen molar-refractivity contribution in [3.8, 4) is 0 Å². The van der Waals surface area contributed by atoms with Crippen molar-refractivity contribution in [2.24, 2.45) is 0 Å². The van der Waals surface area contributed by atoms with E-state index in [1.165, 1.54) is 10.4 Å². The van der Waals surface area contributed by atoms with Gasteiger partial charge in [-0.25, -0.2) is 0 Å². The zero-order valence-corrected chi connectivity index (χ0v) is 11.7. The second kappa shape index (κ2) is 5.17. The number of carbonyl (C=O) groups is 1. The molecule has 0 bridgehead atoms. The minimum absolute atomic E-state index is 0.134. The zero-order chi connectivity index (χ0) is 13.2. The van der Waals surface area contributed by atoms with E-state index in [4.69, 9.17) is 0 Å². The van der Waals surface area contributed by atoms with Gasteiger partial charge in [0.15, 0.2) is 0 Å². The molecule has 3 heteroatoms. The molecule has 2 nitrogen and oxygen atoms in total. The Hall–Kier alpha value is -1.61. The molecule has 19 heavy (non-hydrogen) atoms. The third kappa shape index (κ3) is 3.04. The second-order valence-electron chi connectivity index (χ2n) is 5.20. The van der Waals surface area contributed by atoms with Crippen LogP contribution in [-0.4, -0.2) is 11.9 Å². The van der Waals surface area contributed by atoms with Crippen molar-refractivity contribution in [3.63, 3.8) is 0 Å². The van der Waals surface area contributed by atoms with Gasteiger partial charge in [0.1, 0.15) is 0 Å². The monoisotopic (exact) mass is 271 g/mol. The van der Waals surface area contributed by atoms with Gasteiger partial charge in [-0.3, -0.25) is 4.79 Å². The SMILES string of the molecule is Cc1cccc(CC(=O)NC2CC2c2cccs2)c1. The lowest BCUT2D eigenvalue weighted by Gasteiger charge is -2.05. The molecule has 98 valence electrons. The highest BCUT2D eigenvalue weighted by Crippen LogP contribution is 2.42. The van der Waals surface area contributed by atoms with Crippen molar-refractivity contribution in [2.45, 2.75) is 31.7 Å². The zero-order valence-electron chi connectivity index (χ0n) is 10.9. The van der Waals surface area contributed by atoms with Gasteiger partial charge >= 0.3 is 0 Å². The summed E-state index contributed by atoms with van der Waals surface area (Å²) in [7, 11) is 0. The van der Waals surface area contributed by atoms with E-state index in [2.05, 4.69) is 41.9 Å². The number of hydrogen-bond acceptors (Lipinski definition) is 2. The molecule has 1 aliphatic rings. The summed E-state index contributed by atoms with van der Waals surface area (Å²) in [6.45, 7) is 2.05. The van der Waals surface area contributed by atoms with Crippen LogP contribution in [0.5, 0.6) is 0 Å². The summed E-state index contributed by atoms with van der Waals surface area (Å²) >= 11 is 1.78. The highest BCUT2D eigenvalue weighted by Gasteiger charge is 2.39. The lowest BCUT2D eigenvalue weighted by atomic mass is 10.1. The molecule has 1 aliphatic carbocycles. The lowest BCUT2D eigenvalue weighted by Crippen LogP contribution is -2.28. The number of aryl methyl sites for hydroxylation is 1. The minimum atomic E-state index is 0.134. The first-order valence-corrected chi connectivity index (χ1v) is 7.48. The smallest absolute Gasteiger partial charge is 0.224 e. The van der Waals surface area contributed by atoms with Crippen molar-refractivity contribution < 1.29 is 4.79 Å². The van der Waals surface area contributed by atoms with Gasteiger partial charge in [-0.2, -0.15) is 0 Å². The van der Waals surface area contributed by atoms with E-state index in [1.54, 1.807) is 11.3 Å². The number of carbonyl (C=O) groups excluding carboxylic acids is 1. The van der Waals surface area contributed by atoms with E-state index in [9.17, 15) is 4.79 Å². The van der Waals surface area contributed by atoms with Crippen molar-refractivity contribution >= 4 is 17.2 Å². The molecular formula is C16H17NOS. The van der Waals surface area contributed by atoms with Gasteiger partial charge in [0, 0.05) is 16.8 Å². The molecule has 1 saturated carbocycles. The van der Waals surface area contributed by atoms with E-state index in [1.807, 2.05) is 12.1 Å². The quantitative estimate of drug-likeness (QED) is 0.908. The average molecular weight is 271 g/mol. The summed E-state index contributed by atoms with van der Waals surface area (Å²) in [5.74, 6) is 0.677. The largest absolute Gasteiger partial charge is 0.352 e. The van der Waals surface area contributed by atoms with Crippen molar-refractivity contribution in [2.75, 3.05) is 0 Å². The summed E-state index contributed by atoms with van der Waals surface area (Å²) in [6.07, 6.45) is 1.56. The van der Waals surface area contributed by atoms with E-state index < -0.39 is 0 Å². The van der Waals surface area contributed by atoms with Crippen LogP contribution >= 0.6 is 11.3 Å². The molecule has 1 aromatic carbocycles. The molecule has 2 atom stereocenters. The van der Waals surface area contributed by atoms with Gasteiger partial charge in [-0.15, -0.1) is 11.3 Å². The molecule has 1 fully saturated rings. The van der Waals surface area contributed by atoms with Crippen LogP contribution in [0.1, 0.15) is 28.3 Å². The summed E-state index contributed by atoms with van der Waals surface area (Å²) in [6, 6.07) is 12.7. The first kappa shape index (κ1) is 12.4. The second-order valence-corrected chi connectivity index (χ2v) is 6.18. The fourth-order valence-corrected chi connectivity index (χ4v) is 3.34. The Morgan fingerprint density at radius 1 is 1.37 bits per heavy atom. The molecule has 0 spiro atoms. The molecule has 1 amide bonds. The third-order valence-electron chi connectivity index (χ3n) is 3.49. The van der Waals surface area contributed by atoms with Gasteiger partial charge in [-0.05, 0) is 30.4 Å². The molecular weight excluding hydrogens is 254 g/mol. The number of nitrogens with one attached hydrogen (secondary N) is 1. The van der Waals surface area contributed by atoms with Crippen LogP contribution in [0.2, 0.25) is 0 Å². The van der Waals surface area contributed by atoms with Crippen molar-refractivity contribution in [3.05, 3.63) is 57.8 Å². The van der Waals surface area contributed by atoms with Crippen LogP contribution in [0.3, 0.4) is 0 Å². The predicted octanol–water partition coefficient (Wildman–Crippen LogP) is 3.27. The molecule has 0 aliphatic heterocycles. The van der Waals surface area contributed by atoms with Gasteiger partial charge in [0.2, 0.25) is 5.91 Å². The number of thiophene rings is 1. The van der Waals surface area contributed by atoms with Crippen molar-refractivity contribution in [1.82, 2.24) is 5.32 Å². The van der Waals surface area contributed by atoms with Crippen molar-refractivity contribution in [1.29, 1.82) is 0 Å². The van der Waals surface area contributed by atoms with Crippen LogP contribution in [0.25, 0.3) is 0 Å². The fourth-order valence-electron chi connectivity index (χ4n) is 2.44. The lowest BCUT2D eigenvalue weighted by molar-refractivity contribution is -0.120. The number of amides is 1. The Bertz CT molecular complexity index is 576. The van der Waals surface area contributed by atoms with Crippen LogP contribution < -0.4 is 5.32 Å². The Morgan fingerprint density at radius 3 is 3.00 bits per heavy atom. The molecule has 0 saturated heterocycles. The topological polar surface area (TPSA) is 29.1 Å². The molecule has 3 rings (SSSR count). The van der Waals surface area contributed by atoms with E-state index in [0.717, 1.165) is 12.0 Å². The number of benzene rings is 1. The van der Waals surface area contributed by atoms with E-state index in [0.29, 0.717) is 18.4 Å². The van der Waals surface area contributed by atoms with Gasteiger partial charge in [-0.1, -0.05) is 35.9 Å². The van der Waals surface area contributed by atoms with Gasteiger partial charge in [0.25, 0.3) is 0 Å². The molecule has 2 unspecified atom stereocenters. The molecule has 1 N–H and O–H groups in total. The highest BCUT2D eigenvalue weighted by atomic mass is 32.1. The first-order chi connectivity index (χ1) is 9.22. The van der Waals surface area contributed by atoms with Gasteiger partial charge < -0.3 is 5.32 Å². The maximum atomic E-state index is 12.0.